The maximum atomic E-state index is 11.5. The summed E-state index contributed by atoms with van der Waals surface area (Å²) in [6.45, 7) is 1.75. The van der Waals surface area contributed by atoms with Crippen LogP contribution in [-0.2, 0) is 19.6 Å². The molecule has 0 aromatic heterocycles. The monoisotopic (exact) mass is 219 g/mol. The van der Waals surface area contributed by atoms with E-state index in [0.29, 0.717) is 0 Å². The van der Waals surface area contributed by atoms with E-state index >= 15 is 0 Å². The molecule has 0 aromatic rings. The Morgan fingerprint density at radius 1 is 1.50 bits per heavy atom. The van der Waals surface area contributed by atoms with Crippen LogP contribution in [0, 0.1) is 0 Å². The third-order valence-electron chi connectivity index (χ3n) is 2.09. The average Bonchev–Trinajstić information content (AvgIpc) is 2.15. The Balaban J connectivity index is 2.87. The highest BCUT2D eigenvalue weighted by molar-refractivity contribution is 7.89. The van der Waals surface area contributed by atoms with Gasteiger partial charge in [0.15, 0.2) is 0 Å². The van der Waals surface area contributed by atoms with Crippen LogP contribution in [0.3, 0.4) is 0 Å². The second-order valence-electron chi connectivity index (χ2n) is 3.02. The Kier molecular flexibility index (Phi) is 3.28. The van der Waals surface area contributed by atoms with Gasteiger partial charge in [0.2, 0.25) is 10.0 Å². The van der Waals surface area contributed by atoms with Crippen LogP contribution >= 0.6 is 0 Å². The number of sulfonamides is 1. The molecule has 1 rings (SSSR count). The largest absolute Gasteiger partial charge is 0.468 e. The number of rotatable bonds is 2. The van der Waals surface area contributed by atoms with Gasteiger partial charge in [-0.25, -0.2) is 8.42 Å². The van der Waals surface area contributed by atoms with Crippen molar-refractivity contribution in [1.29, 1.82) is 0 Å². The number of carbonyl (C=O) groups is 1. The molecule has 6 heteroatoms. The molecule has 80 valence electrons. The molecule has 0 N–H and O–H groups in total. The molecule has 14 heavy (non-hydrogen) atoms. The average molecular weight is 219 g/mol. The highest BCUT2D eigenvalue weighted by atomic mass is 32.2. The van der Waals surface area contributed by atoms with Crippen molar-refractivity contribution in [3.8, 4) is 0 Å². The number of methoxy groups -OCH3 is 1. The minimum absolute atomic E-state index is 0.0473. The lowest BCUT2D eigenvalue weighted by Gasteiger charge is -2.26. The van der Waals surface area contributed by atoms with Crippen molar-refractivity contribution in [2.24, 2.45) is 0 Å². The summed E-state index contributed by atoms with van der Waals surface area (Å²) in [4.78, 5) is 11.1. The molecule has 0 saturated carbocycles. The van der Waals surface area contributed by atoms with Crippen molar-refractivity contribution in [3.63, 3.8) is 0 Å². The van der Waals surface area contributed by atoms with Gasteiger partial charge in [0.05, 0.1) is 12.9 Å². The molecule has 0 bridgehead atoms. The lowest BCUT2D eigenvalue weighted by Crippen LogP contribution is -2.46. The van der Waals surface area contributed by atoms with Gasteiger partial charge in [-0.2, -0.15) is 4.31 Å². The van der Waals surface area contributed by atoms with Gasteiger partial charge >= 0.3 is 5.97 Å². The second kappa shape index (κ2) is 4.10. The van der Waals surface area contributed by atoms with Crippen LogP contribution in [0.5, 0.6) is 0 Å². The van der Waals surface area contributed by atoms with Crippen LogP contribution in [0.4, 0.5) is 0 Å². The van der Waals surface area contributed by atoms with Crippen molar-refractivity contribution in [2.45, 2.75) is 13.0 Å². The molecule has 1 heterocycles. The van der Waals surface area contributed by atoms with Gasteiger partial charge in [-0.3, -0.25) is 4.79 Å². The highest BCUT2D eigenvalue weighted by Gasteiger charge is 2.32. The molecule has 0 radical (unpaired) electrons. The number of carbonyl (C=O) groups excluding carboxylic acids is 1. The van der Waals surface area contributed by atoms with Gasteiger partial charge in [-0.05, 0) is 6.92 Å². The Hall–Kier alpha value is -0.880. The van der Waals surface area contributed by atoms with Gasteiger partial charge in [0, 0.05) is 6.54 Å². The molecule has 1 unspecified atom stereocenters. The number of hydrogen-bond acceptors (Lipinski definition) is 4. The standard InChI is InChI=1S/C8H13NO4S/c1-7(8(10)13-2)9-5-3-4-6-14(9,11)12/h3-4,7H,5-6H2,1-2H3. The third-order valence-corrected chi connectivity index (χ3v) is 3.88. The van der Waals surface area contributed by atoms with E-state index in [2.05, 4.69) is 4.74 Å². The van der Waals surface area contributed by atoms with Crippen LogP contribution in [0.15, 0.2) is 12.2 Å². The number of nitrogens with zero attached hydrogens (tertiary/aromatic N) is 1. The molecule has 1 atom stereocenters. The van der Waals surface area contributed by atoms with E-state index < -0.39 is 22.0 Å². The van der Waals surface area contributed by atoms with Crippen LogP contribution < -0.4 is 0 Å². The SMILES string of the molecule is COC(=O)C(C)N1CC=CCS1(=O)=O. The fraction of sp³-hybridized carbons (Fsp3) is 0.625. The smallest absolute Gasteiger partial charge is 0.323 e. The highest BCUT2D eigenvalue weighted by Crippen LogP contribution is 2.13. The summed E-state index contributed by atoms with van der Waals surface area (Å²) < 4.78 is 28.6. The zero-order valence-corrected chi connectivity index (χ0v) is 8.95. The maximum Gasteiger partial charge on any atom is 0.323 e. The number of hydrogen-bond donors (Lipinski definition) is 0. The molecule has 1 aliphatic heterocycles. The van der Waals surface area contributed by atoms with Crippen molar-refractivity contribution in [1.82, 2.24) is 4.31 Å². The minimum Gasteiger partial charge on any atom is -0.468 e. The Labute approximate surface area is 83.4 Å². The van der Waals surface area contributed by atoms with Crippen LogP contribution in [0.1, 0.15) is 6.92 Å². The Bertz CT molecular complexity index is 346. The fourth-order valence-corrected chi connectivity index (χ4v) is 2.72. The molecule has 0 fully saturated rings. The van der Waals surface area contributed by atoms with Crippen LogP contribution in [0.2, 0.25) is 0 Å². The molecule has 5 nitrogen and oxygen atoms in total. The van der Waals surface area contributed by atoms with E-state index in [1.54, 1.807) is 12.2 Å². The summed E-state index contributed by atoms with van der Waals surface area (Å²) in [6.07, 6.45) is 3.30. The summed E-state index contributed by atoms with van der Waals surface area (Å²) in [5.41, 5.74) is 0. The third kappa shape index (κ3) is 2.13. The first-order valence-corrected chi connectivity index (χ1v) is 5.82. The van der Waals surface area contributed by atoms with Gasteiger partial charge in [0.1, 0.15) is 6.04 Å². The van der Waals surface area contributed by atoms with E-state index in [9.17, 15) is 13.2 Å². The Morgan fingerprint density at radius 3 is 2.64 bits per heavy atom. The maximum absolute atomic E-state index is 11.5. The molecule has 0 aliphatic carbocycles. The molecule has 0 saturated heterocycles. The molecular formula is C8H13NO4S. The van der Waals surface area contributed by atoms with E-state index in [1.165, 1.54) is 14.0 Å². The van der Waals surface area contributed by atoms with Crippen LogP contribution in [-0.4, -0.2) is 44.1 Å². The van der Waals surface area contributed by atoms with Crippen molar-refractivity contribution in [3.05, 3.63) is 12.2 Å². The Morgan fingerprint density at radius 2 is 2.14 bits per heavy atom. The first kappa shape index (κ1) is 11.2. The van der Waals surface area contributed by atoms with Crippen molar-refractivity contribution in [2.75, 3.05) is 19.4 Å². The molecule has 1 aliphatic rings. The molecular weight excluding hydrogens is 206 g/mol. The van der Waals surface area contributed by atoms with Gasteiger partial charge in [-0.15, -0.1) is 0 Å². The lowest BCUT2D eigenvalue weighted by atomic mass is 10.3. The first-order chi connectivity index (χ1) is 6.49. The fourth-order valence-electron chi connectivity index (χ4n) is 1.26. The first-order valence-electron chi connectivity index (χ1n) is 4.21. The van der Waals surface area contributed by atoms with Crippen molar-refractivity contribution >= 4 is 16.0 Å². The normalized spacial score (nSPS) is 23.0. The van der Waals surface area contributed by atoms with E-state index in [4.69, 9.17) is 0 Å². The van der Waals surface area contributed by atoms with Gasteiger partial charge < -0.3 is 4.74 Å². The lowest BCUT2D eigenvalue weighted by molar-refractivity contribution is -0.144. The van der Waals surface area contributed by atoms with Crippen LogP contribution in [0.25, 0.3) is 0 Å². The number of esters is 1. The summed E-state index contributed by atoms with van der Waals surface area (Å²) in [5, 5.41) is 0. The van der Waals surface area contributed by atoms with E-state index in [1.807, 2.05) is 0 Å². The summed E-state index contributed by atoms with van der Waals surface area (Å²) >= 11 is 0. The van der Waals surface area contributed by atoms with E-state index in [0.717, 1.165) is 4.31 Å². The minimum atomic E-state index is -3.33. The molecule has 0 amide bonds. The zero-order chi connectivity index (χ0) is 10.8. The molecule has 0 spiro atoms. The number of ether oxygens (including phenoxy) is 1. The molecule has 0 aromatic carbocycles. The zero-order valence-electron chi connectivity index (χ0n) is 8.13. The van der Waals surface area contributed by atoms with E-state index in [-0.39, 0.29) is 12.3 Å². The van der Waals surface area contributed by atoms with Gasteiger partial charge in [0.25, 0.3) is 0 Å². The van der Waals surface area contributed by atoms with Gasteiger partial charge in [-0.1, -0.05) is 12.2 Å². The summed E-state index contributed by atoms with van der Waals surface area (Å²) in [5.74, 6) is -0.585. The topological polar surface area (TPSA) is 63.7 Å². The predicted molar refractivity (Wildman–Crippen MR) is 51.1 cm³/mol. The predicted octanol–water partition coefficient (Wildman–Crippen LogP) is -0.250. The van der Waals surface area contributed by atoms with Crippen molar-refractivity contribution < 1.29 is 17.9 Å². The summed E-state index contributed by atoms with van der Waals surface area (Å²) in [7, 11) is -2.09. The second-order valence-corrected chi connectivity index (χ2v) is 4.98. The quantitative estimate of drug-likeness (QED) is 0.474. The summed E-state index contributed by atoms with van der Waals surface area (Å²) in [6, 6.07) is -0.755.